The van der Waals surface area contributed by atoms with Crippen molar-refractivity contribution in [1.29, 1.82) is 0 Å². The summed E-state index contributed by atoms with van der Waals surface area (Å²) in [5, 5.41) is 7.04. The summed E-state index contributed by atoms with van der Waals surface area (Å²) in [7, 11) is 0. The van der Waals surface area contributed by atoms with Crippen LogP contribution in [-0.2, 0) is 0 Å². The second-order valence-electron chi connectivity index (χ2n) is 6.47. The van der Waals surface area contributed by atoms with Crippen molar-refractivity contribution in [3.8, 4) is 0 Å². The van der Waals surface area contributed by atoms with Gasteiger partial charge in [0.25, 0.3) is 0 Å². The zero-order chi connectivity index (χ0) is 13.3. The molecule has 1 unspecified atom stereocenters. The number of hydrogen-bond donors (Lipinski definition) is 2. The third-order valence-electron chi connectivity index (χ3n) is 5.11. The molecule has 0 saturated heterocycles. The van der Waals surface area contributed by atoms with Crippen LogP contribution in [0.15, 0.2) is 18.6 Å². The fourth-order valence-corrected chi connectivity index (χ4v) is 4.20. The first-order valence-corrected chi connectivity index (χ1v) is 7.43. The molecule has 2 fully saturated rings. The lowest BCUT2D eigenvalue weighted by Gasteiger charge is -2.56. The molecule has 19 heavy (non-hydrogen) atoms. The Morgan fingerprint density at radius 3 is 2.95 bits per heavy atom. The predicted octanol–water partition coefficient (Wildman–Crippen LogP) is 2.30. The molecule has 104 valence electrons. The second kappa shape index (κ2) is 5.08. The van der Waals surface area contributed by atoms with E-state index >= 15 is 0 Å². The molecule has 0 spiro atoms. The zero-order valence-corrected chi connectivity index (χ0v) is 11.9. The predicted molar refractivity (Wildman–Crippen MR) is 76.9 cm³/mol. The lowest BCUT2D eigenvalue weighted by atomic mass is 9.53. The highest BCUT2D eigenvalue weighted by Crippen LogP contribution is 2.58. The molecule has 0 bridgehead atoms. The van der Waals surface area contributed by atoms with E-state index in [2.05, 4.69) is 34.4 Å². The standard InChI is InChI=1S/C15H24N4/c1-15(2)12-5-3-4-11(12)14(15)19-9-8-18-13-10-16-6-7-17-13/h6-7,10-12,14,19H,3-5,8-9H2,1-2H3,(H,17,18)/t11-,12+,14?/m1/s1. The van der Waals surface area contributed by atoms with Crippen LogP contribution in [-0.4, -0.2) is 29.1 Å². The summed E-state index contributed by atoms with van der Waals surface area (Å²) in [4.78, 5) is 8.26. The van der Waals surface area contributed by atoms with E-state index in [1.54, 1.807) is 18.6 Å². The lowest BCUT2D eigenvalue weighted by Crippen LogP contribution is -2.62. The molecule has 0 amide bonds. The van der Waals surface area contributed by atoms with Crippen LogP contribution in [0, 0.1) is 17.3 Å². The fraction of sp³-hybridized carbons (Fsp3) is 0.733. The first-order chi connectivity index (χ1) is 9.19. The van der Waals surface area contributed by atoms with Crippen molar-refractivity contribution in [1.82, 2.24) is 15.3 Å². The van der Waals surface area contributed by atoms with Gasteiger partial charge >= 0.3 is 0 Å². The Hall–Kier alpha value is -1.16. The molecule has 1 heterocycles. The minimum atomic E-state index is 0.480. The third kappa shape index (κ3) is 2.34. The van der Waals surface area contributed by atoms with Crippen molar-refractivity contribution < 1.29 is 0 Å². The Morgan fingerprint density at radius 1 is 1.26 bits per heavy atom. The summed E-state index contributed by atoms with van der Waals surface area (Å²) in [5.41, 5.74) is 0.480. The van der Waals surface area contributed by atoms with E-state index in [0.29, 0.717) is 11.5 Å². The van der Waals surface area contributed by atoms with Crippen molar-refractivity contribution in [3.05, 3.63) is 18.6 Å². The smallest absolute Gasteiger partial charge is 0.144 e. The number of anilines is 1. The average Bonchev–Trinajstić information content (AvgIpc) is 2.86. The van der Waals surface area contributed by atoms with Gasteiger partial charge in [-0.2, -0.15) is 0 Å². The molecule has 2 aliphatic rings. The minimum Gasteiger partial charge on any atom is -0.368 e. The van der Waals surface area contributed by atoms with E-state index in [1.165, 1.54) is 19.3 Å². The number of fused-ring (bicyclic) bond motifs is 1. The molecule has 4 nitrogen and oxygen atoms in total. The van der Waals surface area contributed by atoms with E-state index in [9.17, 15) is 0 Å². The van der Waals surface area contributed by atoms with Crippen LogP contribution in [0.1, 0.15) is 33.1 Å². The maximum Gasteiger partial charge on any atom is 0.144 e. The monoisotopic (exact) mass is 260 g/mol. The van der Waals surface area contributed by atoms with Crippen LogP contribution in [0.25, 0.3) is 0 Å². The van der Waals surface area contributed by atoms with Crippen molar-refractivity contribution in [2.45, 2.75) is 39.2 Å². The lowest BCUT2D eigenvalue weighted by molar-refractivity contribution is -0.0397. The highest BCUT2D eigenvalue weighted by atomic mass is 15.1. The minimum absolute atomic E-state index is 0.480. The van der Waals surface area contributed by atoms with Crippen LogP contribution >= 0.6 is 0 Å². The molecule has 3 rings (SSSR count). The van der Waals surface area contributed by atoms with Crippen LogP contribution in [0.5, 0.6) is 0 Å². The Balaban J connectivity index is 1.43. The SMILES string of the molecule is CC1(C)C(NCCNc2cnccn2)[C@@H]2CCC[C@@H]21. The van der Waals surface area contributed by atoms with E-state index in [-0.39, 0.29) is 0 Å². The Labute approximate surface area is 115 Å². The molecule has 3 atom stereocenters. The highest BCUT2D eigenvalue weighted by molar-refractivity contribution is 5.29. The van der Waals surface area contributed by atoms with Gasteiger partial charge in [-0.25, -0.2) is 4.98 Å². The molecule has 0 aromatic carbocycles. The van der Waals surface area contributed by atoms with E-state index < -0.39 is 0 Å². The first kappa shape index (κ1) is 12.9. The van der Waals surface area contributed by atoms with Crippen molar-refractivity contribution >= 4 is 5.82 Å². The van der Waals surface area contributed by atoms with Gasteiger partial charge < -0.3 is 10.6 Å². The molecular weight excluding hydrogens is 236 g/mol. The van der Waals surface area contributed by atoms with Gasteiger partial charge in [0, 0.05) is 31.5 Å². The number of nitrogens with zero attached hydrogens (tertiary/aromatic N) is 2. The molecule has 0 radical (unpaired) electrons. The Morgan fingerprint density at radius 2 is 2.16 bits per heavy atom. The summed E-state index contributed by atoms with van der Waals surface area (Å²) < 4.78 is 0. The molecule has 2 saturated carbocycles. The zero-order valence-electron chi connectivity index (χ0n) is 11.9. The largest absolute Gasteiger partial charge is 0.368 e. The number of hydrogen-bond acceptors (Lipinski definition) is 4. The highest BCUT2D eigenvalue weighted by Gasteiger charge is 2.57. The van der Waals surface area contributed by atoms with E-state index in [4.69, 9.17) is 0 Å². The maximum atomic E-state index is 4.21. The molecule has 1 aromatic heterocycles. The molecular formula is C15H24N4. The van der Waals surface area contributed by atoms with Crippen molar-refractivity contribution in [2.75, 3.05) is 18.4 Å². The fourth-order valence-electron chi connectivity index (χ4n) is 4.20. The maximum absolute atomic E-state index is 4.21. The molecule has 2 N–H and O–H groups in total. The van der Waals surface area contributed by atoms with Gasteiger partial charge in [-0.3, -0.25) is 4.98 Å². The van der Waals surface area contributed by atoms with Crippen LogP contribution < -0.4 is 10.6 Å². The van der Waals surface area contributed by atoms with Crippen LogP contribution in [0.2, 0.25) is 0 Å². The molecule has 0 aliphatic heterocycles. The van der Waals surface area contributed by atoms with Gasteiger partial charge in [-0.05, 0) is 30.1 Å². The summed E-state index contributed by atoms with van der Waals surface area (Å²) in [6.45, 7) is 6.75. The summed E-state index contributed by atoms with van der Waals surface area (Å²) in [6, 6.07) is 0.698. The Bertz CT molecular complexity index is 417. The number of rotatable bonds is 5. The molecule has 4 heteroatoms. The van der Waals surface area contributed by atoms with Gasteiger partial charge in [-0.15, -0.1) is 0 Å². The van der Waals surface area contributed by atoms with Gasteiger partial charge in [0.15, 0.2) is 0 Å². The average molecular weight is 260 g/mol. The van der Waals surface area contributed by atoms with Gasteiger partial charge in [0.2, 0.25) is 0 Å². The van der Waals surface area contributed by atoms with Gasteiger partial charge in [0.05, 0.1) is 6.20 Å². The summed E-state index contributed by atoms with van der Waals surface area (Å²) in [5.74, 6) is 2.74. The van der Waals surface area contributed by atoms with E-state index in [1.807, 2.05) is 0 Å². The van der Waals surface area contributed by atoms with Crippen molar-refractivity contribution in [2.24, 2.45) is 17.3 Å². The van der Waals surface area contributed by atoms with Gasteiger partial charge in [0.1, 0.15) is 5.82 Å². The summed E-state index contributed by atoms with van der Waals surface area (Å²) >= 11 is 0. The number of nitrogens with one attached hydrogen (secondary N) is 2. The molecule has 1 aromatic rings. The second-order valence-corrected chi connectivity index (χ2v) is 6.47. The first-order valence-electron chi connectivity index (χ1n) is 7.43. The number of aromatic nitrogens is 2. The van der Waals surface area contributed by atoms with Gasteiger partial charge in [-0.1, -0.05) is 20.3 Å². The van der Waals surface area contributed by atoms with Crippen LogP contribution in [0.3, 0.4) is 0 Å². The summed E-state index contributed by atoms with van der Waals surface area (Å²) in [6.07, 6.45) is 9.46. The normalized spacial score (nSPS) is 31.6. The van der Waals surface area contributed by atoms with Crippen LogP contribution in [0.4, 0.5) is 5.82 Å². The van der Waals surface area contributed by atoms with Crippen molar-refractivity contribution in [3.63, 3.8) is 0 Å². The third-order valence-corrected chi connectivity index (χ3v) is 5.11. The van der Waals surface area contributed by atoms with E-state index in [0.717, 1.165) is 30.7 Å². The quantitative estimate of drug-likeness (QED) is 0.798. The topological polar surface area (TPSA) is 49.8 Å². The Kier molecular flexibility index (Phi) is 3.44. The molecule has 2 aliphatic carbocycles.